The van der Waals surface area contributed by atoms with Crippen molar-refractivity contribution in [3.63, 3.8) is 0 Å². The molecule has 2 fully saturated rings. The molecule has 3 aromatic heterocycles. The van der Waals surface area contributed by atoms with Gasteiger partial charge in [0.1, 0.15) is 30.3 Å². The lowest BCUT2D eigenvalue weighted by atomic mass is 9.85. The summed E-state index contributed by atoms with van der Waals surface area (Å²) in [5.74, 6) is 0.354. The molecule has 9 rings (SSSR count). The Balaban J connectivity index is 0.860. The van der Waals surface area contributed by atoms with Crippen LogP contribution in [0.4, 0.5) is 11.5 Å². The molecule has 4 aliphatic heterocycles. The number of rotatable bonds is 11. The number of carbonyl (C=O) groups excluding carboxylic acids is 4. The summed E-state index contributed by atoms with van der Waals surface area (Å²) in [5.41, 5.74) is 8.17. The van der Waals surface area contributed by atoms with E-state index in [0.717, 1.165) is 63.7 Å². The second kappa shape index (κ2) is 19.6. The molecule has 3 atom stereocenters. The lowest BCUT2D eigenvalue weighted by Crippen LogP contribution is -2.58. The molecule has 0 unspecified atom stereocenters. The van der Waals surface area contributed by atoms with Gasteiger partial charge in [-0.2, -0.15) is 5.10 Å². The predicted octanol–water partition coefficient (Wildman–Crippen LogP) is 5.56. The lowest BCUT2D eigenvalue weighted by Gasteiger charge is -2.35. The van der Waals surface area contributed by atoms with Crippen molar-refractivity contribution in [3.05, 3.63) is 87.7 Å². The van der Waals surface area contributed by atoms with Crippen molar-refractivity contribution in [2.45, 2.75) is 104 Å². The summed E-state index contributed by atoms with van der Waals surface area (Å²) in [6, 6.07) is 9.88. The molecule has 3 N–H and O–H groups in total. The molecule has 19 heteroatoms. The zero-order valence-electron chi connectivity index (χ0n) is 39.0. The quantitative estimate of drug-likeness (QED) is 0.149. The number of aryl methyl sites for hydroxylation is 1. The maximum Gasteiger partial charge on any atom is 0.246 e. The molecule has 0 radical (unpaired) electrons. The number of nitrogens with one attached hydrogen (secondary N) is 2. The molecular weight excluding hydrogens is 908 g/mol. The number of anilines is 2. The third-order valence-electron chi connectivity index (χ3n) is 13.3. The smallest absolute Gasteiger partial charge is 0.246 e. The van der Waals surface area contributed by atoms with E-state index in [1.54, 1.807) is 30.7 Å². The predicted molar refractivity (Wildman–Crippen MR) is 256 cm³/mol. The summed E-state index contributed by atoms with van der Waals surface area (Å²) in [6.07, 6.45) is 4.65. The molecule has 7 heterocycles. The van der Waals surface area contributed by atoms with Gasteiger partial charge in [-0.3, -0.25) is 23.9 Å². The summed E-state index contributed by atoms with van der Waals surface area (Å²) in [4.78, 5) is 73.8. The van der Waals surface area contributed by atoms with E-state index < -0.39 is 35.4 Å². The van der Waals surface area contributed by atoms with Gasteiger partial charge in [0.05, 0.1) is 58.4 Å². The number of amides is 4. The molecule has 17 nitrogen and oxygen atoms in total. The summed E-state index contributed by atoms with van der Waals surface area (Å²) >= 11 is 8.60. The van der Waals surface area contributed by atoms with Crippen molar-refractivity contribution in [3.8, 4) is 27.3 Å². The van der Waals surface area contributed by atoms with Crippen molar-refractivity contribution in [2.24, 2.45) is 5.41 Å². The second-order valence-electron chi connectivity index (χ2n) is 19.0. The first-order valence-electron chi connectivity index (χ1n) is 23.2. The molecule has 358 valence electrons. The van der Waals surface area contributed by atoms with Gasteiger partial charge in [0, 0.05) is 87.4 Å². The van der Waals surface area contributed by atoms with Crippen LogP contribution in [-0.2, 0) is 49.8 Å². The number of hydrogen-bond donors (Lipinski definition) is 3. The topological polar surface area (TPSA) is 197 Å². The summed E-state index contributed by atoms with van der Waals surface area (Å²) in [6.45, 7) is 12.7. The Morgan fingerprint density at radius 3 is 2.44 bits per heavy atom. The van der Waals surface area contributed by atoms with Gasteiger partial charge in [-0.1, -0.05) is 56.6 Å². The fourth-order valence-electron chi connectivity index (χ4n) is 9.54. The van der Waals surface area contributed by atoms with E-state index >= 15 is 0 Å². The third-order valence-corrected chi connectivity index (χ3v) is 14.6. The number of fused-ring (bicyclic) bond motifs is 2. The van der Waals surface area contributed by atoms with Crippen LogP contribution in [0.3, 0.4) is 0 Å². The van der Waals surface area contributed by atoms with Crippen LogP contribution in [0.25, 0.3) is 21.6 Å². The van der Waals surface area contributed by atoms with E-state index in [1.165, 1.54) is 4.90 Å². The Labute approximate surface area is 404 Å². The first-order valence-corrected chi connectivity index (χ1v) is 24.4. The monoisotopic (exact) mass is 964 g/mol. The second-order valence-corrected chi connectivity index (χ2v) is 20.3. The van der Waals surface area contributed by atoms with Crippen LogP contribution in [0.1, 0.15) is 81.3 Å². The van der Waals surface area contributed by atoms with Crippen LogP contribution in [0.2, 0.25) is 5.02 Å². The first kappa shape index (κ1) is 47.1. The number of carbonyl (C=O) groups is 4. The highest BCUT2D eigenvalue weighted by atomic mass is 35.5. The zero-order valence-corrected chi connectivity index (χ0v) is 40.5. The van der Waals surface area contributed by atoms with Crippen LogP contribution < -0.4 is 20.3 Å². The van der Waals surface area contributed by atoms with Crippen molar-refractivity contribution in [2.75, 3.05) is 44.4 Å². The molecular formula is C49H57ClN10O7S. The Hall–Kier alpha value is -5.95. The average molecular weight is 966 g/mol. The summed E-state index contributed by atoms with van der Waals surface area (Å²) < 4.78 is 14.0. The number of halogens is 1. The number of aliphatic hydroxyl groups is 1. The largest absolute Gasteiger partial charge is 0.490 e. The zero-order chi connectivity index (χ0) is 47.9. The molecule has 5 aromatic rings. The SMILES string of the molecule is CC(=O)N1CCc2c(c(N3CCOc4cc(-c5cnc(CC(=O)N[C@H](C(=O)N6C[C@H](O)C[C@H]6C(=O)NCc6ccc(-c7scnc7C)cc6)C(C)(C)C)nc5)c(Cl)cc43)nn2C2CCOCC2)C1. The van der Waals surface area contributed by atoms with Gasteiger partial charge < -0.3 is 39.9 Å². The number of likely N-dealkylation sites (tertiary alicyclic amines) is 1. The van der Waals surface area contributed by atoms with E-state index in [4.69, 9.17) is 26.2 Å². The fourth-order valence-corrected chi connectivity index (χ4v) is 10.6. The number of aromatic nitrogens is 5. The maximum atomic E-state index is 14.2. The van der Waals surface area contributed by atoms with Crippen molar-refractivity contribution >= 4 is 58.1 Å². The third kappa shape index (κ3) is 9.82. The van der Waals surface area contributed by atoms with Gasteiger partial charge in [-0.15, -0.1) is 11.3 Å². The Morgan fingerprint density at radius 1 is 1.00 bits per heavy atom. The molecule has 4 aliphatic rings. The minimum absolute atomic E-state index is 0.0289. The standard InChI is InChI=1S/C49H57ClN10O7S/c1-28-44(68-27-54-28)31-8-6-30(7-9-31)22-53-47(64)40-18-34(62)25-59(40)48(65)45(49(3,4)5)55-43(63)21-42-51-23-32(24-52-42)35-19-41-39(20-37(35)50)58(14-17-67-41)46-36-26-57(29(2)61)13-10-38(36)60(56-46)33-11-15-66-16-12-33/h6-9,19-20,23-24,27,33-34,40,45,62H,10-18,21-22,25-26H2,1-5H3,(H,53,64)(H,55,63)/t34-,40+,45-/m1/s1. The molecule has 2 aromatic carbocycles. The number of benzene rings is 2. The number of hydrogen-bond acceptors (Lipinski definition) is 13. The van der Waals surface area contributed by atoms with Gasteiger partial charge >= 0.3 is 0 Å². The maximum absolute atomic E-state index is 14.2. The Morgan fingerprint density at radius 2 is 1.75 bits per heavy atom. The van der Waals surface area contributed by atoms with Gasteiger partial charge in [0.15, 0.2) is 5.82 Å². The van der Waals surface area contributed by atoms with Crippen LogP contribution in [0, 0.1) is 12.3 Å². The summed E-state index contributed by atoms with van der Waals surface area (Å²) in [7, 11) is 0. The normalized spacial score (nSPS) is 19.0. The van der Waals surface area contributed by atoms with E-state index in [2.05, 4.69) is 35.2 Å². The van der Waals surface area contributed by atoms with Gasteiger partial charge in [0.25, 0.3) is 0 Å². The number of aliphatic hydroxyl groups excluding tert-OH is 1. The number of β-amino-alcohol motifs (C(OH)–C–C–N with tert-alkyl or cyclic N) is 1. The molecule has 0 saturated carbocycles. The molecule has 2 saturated heterocycles. The number of ether oxygens (including phenoxy) is 2. The van der Waals surface area contributed by atoms with Crippen LogP contribution >= 0.6 is 22.9 Å². The number of thiazole rings is 1. The molecule has 4 amide bonds. The van der Waals surface area contributed by atoms with Crippen molar-refractivity contribution < 1.29 is 33.8 Å². The first-order chi connectivity index (χ1) is 32.6. The van der Waals surface area contributed by atoms with E-state index in [0.29, 0.717) is 61.4 Å². The van der Waals surface area contributed by atoms with Crippen molar-refractivity contribution in [1.82, 2.24) is 45.2 Å². The minimum atomic E-state index is -1.01. The Kier molecular flexibility index (Phi) is 13.6. The van der Waals surface area contributed by atoms with E-state index in [1.807, 2.05) is 74.5 Å². The van der Waals surface area contributed by atoms with E-state index in [9.17, 15) is 24.3 Å². The molecule has 0 spiro atoms. The van der Waals surface area contributed by atoms with E-state index in [-0.39, 0.29) is 49.6 Å². The highest BCUT2D eigenvalue weighted by Crippen LogP contribution is 2.45. The number of nitrogens with zero attached hydrogens (tertiary/aromatic N) is 8. The highest BCUT2D eigenvalue weighted by molar-refractivity contribution is 7.13. The van der Waals surface area contributed by atoms with Gasteiger partial charge in [-0.05, 0) is 48.4 Å². The lowest BCUT2D eigenvalue weighted by molar-refractivity contribution is -0.144. The average Bonchev–Trinajstić information content (AvgIpc) is 4.06. The van der Waals surface area contributed by atoms with Crippen LogP contribution in [0.15, 0.2) is 54.3 Å². The van der Waals surface area contributed by atoms with Crippen LogP contribution in [-0.4, -0.2) is 121 Å². The van der Waals surface area contributed by atoms with Gasteiger partial charge in [0.2, 0.25) is 23.6 Å². The molecule has 0 bridgehead atoms. The van der Waals surface area contributed by atoms with Gasteiger partial charge in [-0.25, -0.2) is 15.0 Å². The van der Waals surface area contributed by atoms with Crippen molar-refractivity contribution in [1.29, 1.82) is 0 Å². The highest BCUT2D eigenvalue weighted by Gasteiger charge is 2.44. The molecule has 0 aliphatic carbocycles. The van der Waals surface area contributed by atoms with Crippen LogP contribution in [0.5, 0.6) is 5.75 Å². The fraction of sp³-hybridized carbons (Fsp3) is 0.469. The molecule has 68 heavy (non-hydrogen) atoms. The Bertz CT molecular complexity index is 2700. The minimum Gasteiger partial charge on any atom is -0.490 e. The summed E-state index contributed by atoms with van der Waals surface area (Å²) in [5, 5.41) is 22.2.